The molecule has 0 unspecified atom stereocenters. The van der Waals surface area contributed by atoms with Gasteiger partial charge < -0.3 is 4.74 Å². The van der Waals surface area contributed by atoms with Crippen LogP contribution in [0.4, 0.5) is 0 Å². The summed E-state index contributed by atoms with van der Waals surface area (Å²) >= 11 is 0. The van der Waals surface area contributed by atoms with E-state index in [1.54, 1.807) is 0 Å². The van der Waals surface area contributed by atoms with Crippen LogP contribution in [0, 0.1) is 16.7 Å². The van der Waals surface area contributed by atoms with Gasteiger partial charge in [0.15, 0.2) is 0 Å². The predicted octanol–water partition coefficient (Wildman–Crippen LogP) is 1.33. The quantitative estimate of drug-likeness (QED) is 0.522. The van der Waals surface area contributed by atoms with Crippen LogP contribution in [0.1, 0.15) is 20.3 Å². The Morgan fingerprint density at radius 1 is 1.78 bits per heavy atom. The molecule has 1 aliphatic heterocycles. The number of hydrogen-bond donors (Lipinski definition) is 0. The zero-order valence-corrected chi connectivity index (χ0v) is 5.85. The molecule has 0 amide bonds. The van der Waals surface area contributed by atoms with Crippen LogP contribution in [-0.4, -0.2) is 12.7 Å². The fourth-order valence-corrected chi connectivity index (χ4v) is 0.801. The second-order valence-electron chi connectivity index (χ2n) is 3.16. The van der Waals surface area contributed by atoms with Gasteiger partial charge in [0.1, 0.15) is 0 Å². The molecule has 0 aromatic carbocycles. The Morgan fingerprint density at radius 3 is 2.67 bits per heavy atom. The molecule has 1 rings (SSSR count). The summed E-state index contributed by atoms with van der Waals surface area (Å²) in [7, 11) is 0. The molecule has 1 atom stereocenters. The summed E-state index contributed by atoms with van der Waals surface area (Å²) in [6, 6.07) is 2.23. The number of nitriles is 1. The molecule has 0 N–H and O–H groups in total. The summed E-state index contributed by atoms with van der Waals surface area (Å²) in [6.45, 7) is 4.73. The molecule has 0 aromatic heterocycles. The van der Waals surface area contributed by atoms with Crippen LogP contribution in [-0.2, 0) is 4.74 Å². The zero-order valence-electron chi connectivity index (χ0n) is 5.85. The molecule has 0 radical (unpaired) electrons. The lowest BCUT2D eigenvalue weighted by atomic mass is 9.90. The van der Waals surface area contributed by atoms with Gasteiger partial charge in [-0.05, 0) is 20.3 Å². The van der Waals surface area contributed by atoms with E-state index in [4.69, 9.17) is 10.00 Å². The third-order valence-electron chi connectivity index (χ3n) is 1.44. The number of epoxide rings is 1. The van der Waals surface area contributed by atoms with Crippen LogP contribution in [0.3, 0.4) is 0 Å². The highest BCUT2D eigenvalue weighted by Crippen LogP contribution is 2.27. The highest BCUT2D eigenvalue weighted by molar-refractivity contribution is 4.95. The second-order valence-corrected chi connectivity index (χ2v) is 3.16. The van der Waals surface area contributed by atoms with Gasteiger partial charge >= 0.3 is 0 Å². The zero-order chi connectivity index (χ0) is 6.91. The van der Waals surface area contributed by atoms with E-state index in [-0.39, 0.29) is 5.41 Å². The molecule has 1 heterocycles. The van der Waals surface area contributed by atoms with Gasteiger partial charge in [-0.1, -0.05) is 0 Å². The van der Waals surface area contributed by atoms with E-state index in [1.165, 1.54) is 0 Å². The highest BCUT2D eigenvalue weighted by Gasteiger charge is 2.30. The van der Waals surface area contributed by atoms with Crippen molar-refractivity contribution in [3.8, 4) is 6.07 Å². The second kappa shape index (κ2) is 2.00. The van der Waals surface area contributed by atoms with E-state index in [0.29, 0.717) is 6.10 Å². The number of rotatable bonds is 2. The SMILES string of the molecule is CC(C)(C#N)C[C@H]1CO1. The molecular formula is C7H11NO. The van der Waals surface area contributed by atoms with Crippen LogP contribution >= 0.6 is 0 Å². The fraction of sp³-hybridized carbons (Fsp3) is 0.857. The van der Waals surface area contributed by atoms with Crippen molar-refractivity contribution in [3.63, 3.8) is 0 Å². The van der Waals surface area contributed by atoms with Crippen LogP contribution in [0.2, 0.25) is 0 Å². The average Bonchev–Trinajstić information content (AvgIpc) is 2.50. The van der Waals surface area contributed by atoms with E-state index in [2.05, 4.69) is 6.07 Å². The summed E-state index contributed by atoms with van der Waals surface area (Å²) in [4.78, 5) is 0. The summed E-state index contributed by atoms with van der Waals surface area (Å²) < 4.78 is 5.00. The van der Waals surface area contributed by atoms with Gasteiger partial charge in [-0.25, -0.2) is 0 Å². The molecule has 9 heavy (non-hydrogen) atoms. The lowest BCUT2D eigenvalue weighted by Crippen LogP contribution is -2.10. The summed E-state index contributed by atoms with van der Waals surface area (Å²) in [5.74, 6) is 0. The summed E-state index contributed by atoms with van der Waals surface area (Å²) in [5.41, 5.74) is -0.193. The van der Waals surface area contributed by atoms with Gasteiger partial charge in [0, 0.05) is 0 Å². The Bertz CT molecular complexity index is 141. The molecular weight excluding hydrogens is 114 g/mol. The highest BCUT2D eigenvalue weighted by atomic mass is 16.6. The van der Waals surface area contributed by atoms with E-state index in [1.807, 2.05) is 13.8 Å². The number of nitrogens with zero attached hydrogens (tertiary/aromatic N) is 1. The van der Waals surface area contributed by atoms with Crippen LogP contribution in [0.15, 0.2) is 0 Å². The van der Waals surface area contributed by atoms with Gasteiger partial charge in [0.05, 0.1) is 24.2 Å². The maximum absolute atomic E-state index is 8.57. The lowest BCUT2D eigenvalue weighted by Gasteiger charge is -2.11. The fourth-order valence-electron chi connectivity index (χ4n) is 0.801. The predicted molar refractivity (Wildman–Crippen MR) is 33.8 cm³/mol. The van der Waals surface area contributed by atoms with Crippen molar-refractivity contribution in [1.29, 1.82) is 5.26 Å². The lowest BCUT2D eigenvalue weighted by molar-refractivity contribution is 0.333. The standard InChI is InChI=1S/C7H11NO/c1-7(2,5-8)3-6-4-9-6/h6H,3-4H2,1-2H3/t6-/m0/s1. The first-order chi connectivity index (χ1) is 4.14. The van der Waals surface area contributed by atoms with Crippen molar-refractivity contribution in [2.45, 2.75) is 26.4 Å². The molecule has 50 valence electrons. The Labute approximate surface area is 55.4 Å². The summed E-state index contributed by atoms with van der Waals surface area (Å²) in [5, 5.41) is 8.57. The van der Waals surface area contributed by atoms with Gasteiger partial charge in [-0.3, -0.25) is 0 Å². The molecule has 1 fully saturated rings. The van der Waals surface area contributed by atoms with Crippen LogP contribution < -0.4 is 0 Å². The maximum atomic E-state index is 8.57. The largest absolute Gasteiger partial charge is 0.373 e. The van der Waals surface area contributed by atoms with Crippen molar-refractivity contribution in [2.24, 2.45) is 5.41 Å². The van der Waals surface area contributed by atoms with Crippen molar-refractivity contribution >= 4 is 0 Å². The van der Waals surface area contributed by atoms with Crippen molar-refractivity contribution < 1.29 is 4.74 Å². The van der Waals surface area contributed by atoms with E-state index in [9.17, 15) is 0 Å². The maximum Gasteiger partial charge on any atom is 0.0825 e. The molecule has 0 bridgehead atoms. The van der Waals surface area contributed by atoms with Gasteiger partial charge in [-0.15, -0.1) is 0 Å². The molecule has 0 aromatic rings. The normalized spacial score (nSPS) is 25.2. The van der Waals surface area contributed by atoms with Crippen molar-refractivity contribution in [1.82, 2.24) is 0 Å². The Morgan fingerprint density at radius 2 is 2.33 bits per heavy atom. The molecule has 2 heteroatoms. The number of hydrogen-bond acceptors (Lipinski definition) is 2. The molecule has 0 spiro atoms. The number of ether oxygens (including phenoxy) is 1. The molecule has 2 nitrogen and oxygen atoms in total. The first-order valence-electron chi connectivity index (χ1n) is 3.17. The third-order valence-corrected chi connectivity index (χ3v) is 1.44. The Hall–Kier alpha value is -0.550. The van der Waals surface area contributed by atoms with E-state index in [0.717, 1.165) is 13.0 Å². The molecule has 1 saturated heterocycles. The minimum Gasteiger partial charge on any atom is -0.373 e. The molecule has 0 saturated carbocycles. The van der Waals surface area contributed by atoms with Gasteiger partial charge in [-0.2, -0.15) is 5.26 Å². The van der Waals surface area contributed by atoms with Gasteiger partial charge in [0.25, 0.3) is 0 Å². The average molecular weight is 125 g/mol. The summed E-state index contributed by atoms with van der Waals surface area (Å²) in [6.07, 6.45) is 1.25. The monoisotopic (exact) mass is 125 g/mol. The first-order valence-corrected chi connectivity index (χ1v) is 3.17. The third kappa shape index (κ3) is 2.03. The minimum atomic E-state index is -0.193. The van der Waals surface area contributed by atoms with E-state index < -0.39 is 0 Å². The Balaban J connectivity index is 2.32. The molecule has 1 aliphatic rings. The smallest absolute Gasteiger partial charge is 0.0825 e. The van der Waals surface area contributed by atoms with Crippen molar-refractivity contribution in [2.75, 3.05) is 6.61 Å². The van der Waals surface area contributed by atoms with Crippen molar-refractivity contribution in [3.05, 3.63) is 0 Å². The first kappa shape index (κ1) is 6.57. The van der Waals surface area contributed by atoms with Gasteiger partial charge in [0.2, 0.25) is 0 Å². The van der Waals surface area contributed by atoms with Crippen LogP contribution in [0.25, 0.3) is 0 Å². The minimum absolute atomic E-state index is 0.193. The molecule has 0 aliphatic carbocycles. The topological polar surface area (TPSA) is 36.3 Å². The van der Waals surface area contributed by atoms with E-state index >= 15 is 0 Å². The Kier molecular flexibility index (Phi) is 1.46. The van der Waals surface area contributed by atoms with Crippen LogP contribution in [0.5, 0.6) is 0 Å².